The summed E-state index contributed by atoms with van der Waals surface area (Å²) in [6, 6.07) is 8.63. The zero-order valence-corrected chi connectivity index (χ0v) is 17.4. The lowest BCUT2D eigenvalue weighted by atomic mass is 9.97. The van der Waals surface area contributed by atoms with E-state index in [-0.39, 0.29) is 11.8 Å². The van der Waals surface area contributed by atoms with Gasteiger partial charge >= 0.3 is 6.09 Å². The predicted octanol–water partition coefficient (Wildman–Crippen LogP) is 3.09. The van der Waals surface area contributed by atoms with Crippen LogP contribution in [0.1, 0.15) is 40.0 Å². The highest BCUT2D eigenvalue weighted by Gasteiger charge is 2.22. The Morgan fingerprint density at radius 2 is 1.81 bits per heavy atom. The number of sulfone groups is 1. The van der Waals surface area contributed by atoms with E-state index in [1.165, 1.54) is 0 Å². The molecule has 7 heteroatoms. The third kappa shape index (κ3) is 7.89. The molecule has 0 aromatic heterocycles. The second-order valence-corrected chi connectivity index (χ2v) is 10.3. The van der Waals surface area contributed by atoms with E-state index in [1.54, 1.807) is 24.3 Å². The van der Waals surface area contributed by atoms with Crippen molar-refractivity contribution in [3.63, 3.8) is 0 Å². The number of ether oxygens (including phenoxy) is 1. The van der Waals surface area contributed by atoms with Crippen LogP contribution < -0.4 is 5.32 Å². The third-order valence-corrected chi connectivity index (χ3v) is 6.45. The van der Waals surface area contributed by atoms with Crippen LogP contribution in [0, 0.1) is 5.92 Å². The normalized spacial score (nSPS) is 16.9. The molecule has 1 heterocycles. The molecular formula is C20H32N2O4S. The SMILES string of the molecule is CC(C)(C)OC(=O)NCC1CCN(CCCS(=O)(=O)c2ccccc2)CC1. The van der Waals surface area contributed by atoms with Crippen molar-refractivity contribution in [3.8, 4) is 0 Å². The van der Waals surface area contributed by atoms with Crippen LogP contribution in [0.3, 0.4) is 0 Å². The molecule has 1 saturated heterocycles. The molecule has 0 saturated carbocycles. The number of carbonyl (C=O) groups excluding carboxylic acids is 1. The highest BCUT2D eigenvalue weighted by atomic mass is 32.2. The number of nitrogens with one attached hydrogen (secondary N) is 1. The van der Waals surface area contributed by atoms with Gasteiger partial charge in [-0.15, -0.1) is 0 Å². The molecule has 1 amide bonds. The first-order valence-electron chi connectivity index (χ1n) is 9.63. The third-order valence-electron chi connectivity index (χ3n) is 4.63. The first-order valence-corrected chi connectivity index (χ1v) is 11.3. The maximum absolute atomic E-state index is 12.3. The average molecular weight is 397 g/mol. The molecule has 152 valence electrons. The van der Waals surface area contributed by atoms with E-state index in [4.69, 9.17) is 4.74 Å². The fraction of sp³-hybridized carbons (Fsp3) is 0.650. The molecule has 27 heavy (non-hydrogen) atoms. The van der Waals surface area contributed by atoms with Gasteiger partial charge in [-0.2, -0.15) is 0 Å². The summed E-state index contributed by atoms with van der Waals surface area (Å²) in [5, 5.41) is 2.85. The van der Waals surface area contributed by atoms with Crippen molar-refractivity contribution in [1.29, 1.82) is 0 Å². The molecule has 0 bridgehead atoms. The Balaban J connectivity index is 1.64. The maximum Gasteiger partial charge on any atom is 0.407 e. The minimum atomic E-state index is -3.19. The minimum absolute atomic E-state index is 0.178. The first kappa shape index (κ1) is 21.7. The Labute approximate surface area is 163 Å². The van der Waals surface area contributed by atoms with Gasteiger partial charge in [0, 0.05) is 6.54 Å². The van der Waals surface area contributed by atoms with Crippen LogP contribution in [0.4, 0.5) is 4.79 Å². The monoisotopic (exact) mass is 396 g/mol. The Morgan fingerprint density at radius 1 is 1.19 bits per heavy atom. The van der Waals surface area contributed by atoms with Crippen LogP contribution >= 0.6 is 0 Å². The zero-order valence-electron chi connectivity index (χ0n) is 16.6. The van der Waals surface area contributed by atoms with E-state index in [1.807, 2.05) is 26.8 Å². The molecule has 1 aromatic rings. The van der Waals surface area contributed by atoms with Crippen molar-refractivity contribution >= 4 is 15.9 Å². The quantitative estimate of drug-likeness (QED) is 0.766. The molecule has 2 rings (SSSR count). The largest absolute Gasteiger partial charge is 0.444 e. The Kier molecular flexibility index (Phi) is 7.68. The molecule has 0 spiro atoms. The molecule has 0 radical (unpaired) electrons. The molecule has 0 unspecified atom stereocenters. The molecule has 0 atom stereocenters. The molecule has 1 N–H and O–H groups in total. The smallest absolute Gasteiger partial charge is 0.407 e. The van der Waals surface area contributed by atoms with Crippen molar-refractivity contribution in [2.24, 2.45) is 5.92 Å². The van der Waals surface area contributed by atoms with Gasteiger partial charge in [-0.05, 0) is 77.7 Å². The number of carbonyl (C=O) groups is 1. The van der Waals surface area contributed by atoms with Crippen molar-refractivity contribution < 1.29 is 17.9 Å². The number of benzene rings is 1. The van der Waals surface area contributed by atoms with Gasteiger partial charge in [0.25, 0.3) is 0 Å². The number of alkyl carbamates (subject to hydrolysis) is 1. The molecule has 1 aromatic carbocycles. The predicted molar refractivity (Wildman–Crippen MR) is 107 cm³/mol. The molecular weight excluding hydrogens is 364 g/mol. The van der Waals surface area contributed by atoms with Gasteiger partial charge in [-0.3, -0.25) is 0 Å². The summed E-state index contributed by atoms with van der Waals surface area (Å²) in [7, 11) is -3.19. The van der Waals surface area contributed by atoms with Gasteiger partial charge in [-0.25, -0.2) is 13.2 Å². The summed E-state index contributed by atoms with van der Waals surface area (Å²) >= 11 is 0. The summed E-state index contributed by atoms with van der Waals surface area (Å²) in [4.78, 5) is 14.4. The van der Waals surface area contributed by atoms with Crippen molar-refractivity contribution in [2.75, 3.05) is 31.9 Å². The maximum atomic E-state index is 12.3. The highest BCUT2D eigenvalue weighted by Crippen LogP contribution is 2.18. The topological polar surface area (TPSA) is 75.7 Å². The van der Waals surface area contributed by atoms with E-state index >= 15 is 0 Å². The number of hydrogen-bond donors (Lipinski definition) is 1. The molecule has 1 fully saturated rings. The van der Waals surface area contributed by atoms with Crippen LogP contribution in [-0.4, -0.2) is 56.9 Å². The summed E-state index contributed by atoms with van der Waals surface area (Å²) < 4.78 is 29.9. The van der Waals surface area contributed by atoms with Crippen molar-refractivity contribution in [2.45, 2.75) is 50.5 Å². The second-order valence-electron chi connectivity index (χ2n) is 8.15. The van der Waals surface area contributed by atoms with E-state index in [0.29, 0.717) is 23.8 Å². The number of amides is 1. The van der Waals surface area contributed by atoms with Crippen molar-refractivity contribution in [3.05, 3.63) is 30.3 Å². The fourth-order valence-corrected chi connectivity index (χ4v) is 4.50. The van der Waals surface area contributed by atoms with E-state index in [2.05, 4.69) is 10.2 Å². The van der Waals surface area contributed by atoms with Gasteiger partial charge in [0.15, 0.2) is 9.84 Å². The summed E-state index contributed by atoms with van der Waals surface area (Å²) in [5.41, 5.74) is -0.479. The number of piperidine rings is 1. The second kappa shape index (κ2) is 9.55. The lowest BCUT2D eigenvalue weighted by molar-refractivity contribution is 0.0510. The number of nitrogens with zero attached hydrogens (tertiary/aromatic N) is 1. The lowest BCUT2D eigenvalue weighted by Gasteiger charge is -2.32. The minimum Gasteiger partial charge on any atom is -0.444 e. The van der Waals surface area contributed by atoms with Crippen LogP contribution in [-0.2, 0) is 14.6 Å². The van der Waals surface area contributed by atoms with Crippen LogP contribution in [0.2, 0.25) is 0 Å². The molecule has 1 aliphatic heterocycles. The Bertz CT molecular complexity index is 690. The standard InChI is InChI=1S/C20H32N2O4S/c1-20(2,3)26-19(23)21-16-17-10-13-22(14-11-17)12-7-15-27(24,25)18-8-5-4-6-9-18/h4-6,8-9,17H,7,10-16H2,1-3H3,(H,21,23). The highest BCUT2D eigenvalue weighted by molar-refractivity contribution is 7.91. The Hall–Kier alpha value is -1.60. The van der Waals surface area contributed by atoms with E-state index in [0.717, 1.165) is 32.5 Å². The van der Waals surface area contributed by atoms with Crippen LogP contribution in [0.15, 0.2) is 35.2 Å². The Morgan fingerprint density at radius 3 is 2.41 bits per heavy atom. The van der Waals surface area contributed by atoms with Gasteiger partial charge in [0.1, 0.15) is 5.60 Å². The lowest BCUT2D eigenvalue weighted by Crippen LogP contribution is -2.40. The molecule has 0 aliphatic carbocycles. The number of likely N-dealkylation sites (tertiary alicyclic amines) is 1. The average Bonchev–Trinajstić information content (AvgIpc) is 2.60. The van der Waals surface area contributed by atoms with E-state index in [9.17, 15) is 13.2 Å². The van der Waals surface area contributed by atoms with Gasteiger partial charge < -0.3 is 15.0 Å². The van der Waals surface area contributed by atoms with Gasteiger partial charge in [-0.1, -0.05) is 18.2 Å². The fourth-order valence-electron chi connectivity index (χ4n) is 3.18. The summed E-state index contributed by atoms with van der Waals surface area (Å²) in [6.07, 6.45) is 2.27. The van der Waals surface area contributed by atoms with Crippen LogP contribution in [0.25, 0.3) is 0 Å². The molecule has 6 nitrogen and oxygen atoms in total. The number of rotatable bonds is 7. The van der Waals surface area contributed by atoms with Gasteiger partial charge in [0.2, 0.25) is 0 Å². The molecule has 1 aliphatic rings. The summed E-state index contributed by atoms with van der Waals surface area (Å²) in [5.74, 6) is 0.624. The number of hydrogen-bond acceptors (Lipinski definition) is 5. The summed E-state index contributed by atoms with van der Waals surface area (Å²) in [6.45, 7) is 8.84. The van der Waals surface area contributed by atoms with Crippen LogP contribution in [0.5, 0.6) is 0 Å². The zero-order chi connectivity index (χ0) is 19.9. The van der Waals surface area contributed by atoms with Crippen molar-refractivity contribution in [1.82, 2.24) is 10.2 Å². The van der Waals surface area contributed by atoms with Gasteiger partial charge in [0.05, 0.1) is 10.6 Å². The first-order chi connectivity index (χ1) is 12.7. The van der Waals surface area contributed by atoms with E-state index < -0.39 is 15.4 Å².